The maximum absolute atomic E-state index is 12.4. The van der Waals surface area contributed by atoms with Gasteiger partial charge in [-0.3, -0.25) is 4.79 Å². The summed E-state index contributed by atoms with van der Waals surface area (Å²) in [6.07, 6.45) is 0.743. The van der Waals surface area contributed by atoms with Gasteiger partial charge in [0.1, 0.15) is 5.75 Å². The number of rotatable bonds is 9. The van der Waals surface area contributed by atoms with E-state index in [-0.39, 0.29) is 12.5 Å². The summed E-state index contributed by atoms with van der Waals surface area (Å²) >= 11 is 0. The van der Waals surface area contributed by atoms with Crippen LogP contribution in [0.5, 0.6) is 5.75 Å². The molecule has 1 N–H and O–H groups in total. The van der Waals surface area contributed by atoms with Crippen LogP contribution < -0.4 is 4.74 Å². The van der Waals surface area contributed by atoms with Crippen LogP contribution in [0.1, 0.15) is 23.7 Å². The standard InChI is InChI=1S/C15H23NO4/c1-3-20-14-7-4-6-13(12-14)15(18)16(9-10-17)8-5-11-19-2/h4,6-7,12,17H,3,5,8-11H2,1-2H3. The van der Waals surface area contributed by atoms with Gasteiger partial charge in [-0.15, -0.1) is 0 Å². The summed E-state index contributed by atoms with van der Waals surface area (Å²) in [5.41, 5.74) is 0.571. The van der Waals surface area contributed by atoms with E-state index in [4.69, 9.17) is 14.6 Å². The third-order valence-electron chi connectivity index (χ3n) is 2.83. The highest BCUT2D eigenvalue weighted by atomic mass is 16.5. The first-order valence-electron chi connectivity index (χ1n) is 6.84. The van der Waals surface area contributed by atoms with Crippen molar-refractivity contribution in [1.82, 2.24) is 4.90 Å². The largest absolute Gasteiger partial charge is 0.494 e. The van der Waals surface area contributed by atoms with E-state index >= 15 is 0 Å². The molecule has 0 aliphatic heterocycles. The molecule has 0 fully saturated rings. The molecule has 0 atom stereocenters. The Kier molecular flexibility index (Phi) is 7.69. The predicted molar refractivity (Wildman–Crippen MR) is 77.1 cm³/mol. The Morgan fingerprint density at radius 3 is 2.80 bits per heavy atom. The van der Waals surface area contributed by atoms with Crippen LogP contribution in [0.3, 0.4) is 0 Å². The number of carbonyl (C=O) groups excluding carboxylic acids is 1. The molecule has 0 radical (unpaired) electrons. The Hall–Kier alpha value is -1.59. The second-order valence-corrected chi connectivity index (χ2v) is 4.32. The number of carbonyl (C=O) groups is 1. The number of nitrogens with zero attached hydrogens (tertiary/aromatic N) is 1. The van der Waals surface area contributed by atoms with Gasteiger partial charge in [0.05, 0.1) is 13.2 Å². The van der Waals surface area contributed by atoms with E-state index in [9.17, 15) is 4.79 Å². The van der Waals surface area contributed by atoms with Crippen LogP contribution in [0.4, 0.5) is 0 Å². The second kappa shape index (κ2) is 9.34. The van der Waals surface area contributed by atoms with Crippen LogP contribution in [0.25, 0.3) is 0 Å². The Morgan fingerprint density at radius 1 is 1.35 bits per heavy atom. The van der Waals surface area contributed by atoms with Crippen LogP contribution in [-0.2, 0) is 4.74 Å². The van der Waals surface area contributed by atoms with Crippen molar-refractivity contribution >= 4 is 5.91 Å². The first-order valence-corrected chi connectivity index (χ1v) is 6.84. The van der Waals surface area contributed by atoms with Crippen LogP contribution in [0.15, 0.2) is 24.3 Å². The number of amides is 1. The van der Waals surface area contributed by atoms with Crippen molar-refractivity contribution in [3.05, 3.63) is 29.8 Å². The minimum absolute atomic E-state index is 0.0517. The maximum atomic E-state index is 12.4. The molecule has 112 valence electrons. The van der Waals surface area contributed by atoms with E-state index < -0.39 is 0 Å². The second-order valence-electron chi connectivity index (χ2n) is 4.32. The fourth-order valence-electron chi connectivity index (χ4n) is 1.90. The number of methoxy groups -OCH3 is 1. The zero-order chi connectivity index (χ0) is 14.8. The normalized spacial score (nSPS) is 10.3. The molecule has 1 aromatic rings. The van der Waals surface area contributed by atoms with Gasteiger partial charge in [0.2, 0.25) is 0 Å². The Labute approximate surface area is 120 Å². The molecule has 1 aromatic carbocycles. The summed E-state index contributed by atoms with van der Waals surface area (Å²) in [7, 11) is 1.63. The molecule has 5 nitrogen and oxygen atoms in total. The third-order valence-corrected chi connectivity index (χ3v) is 2.83. The molecular weight excluding hydrogens is 258 g/mol. The molecule has 5 heteroatoms. The van der Waals surface area contributed by atoms with Crippen molar-refractivity contribution in [1.29, 1.82) is 0 Å². The smallest absolute Gasteiger partial charge is 0.254 e. The van der Waals surface area contributed by atoms with Crippen molar-refractivity contribution < 1.29 is 19.4 Å². The monoisotopic (exact) mass is 281 g/mol. The van der Waals surface area contributed by atoms with Crippen LogP contribution >= 0.6 is 0 Å². The van der Waals surface area contributed by atoms with Gasteiger partial charge in [-0.2, -0.15) is 0 Å². The summed E-state index contributed by atoms with van der Waals surface area (Å²) < 4.78 is 10.4. The van der Waals surface area contributed by atoms with Gasteiger partial charge in [0, 0.05) is 32.4 Å². The number of hydrogen-bond donors (Lipinski definition) is 1. The van der Waals surface area contributed by atoms with Crippen molar-refractivity contribution in [3.8, 4) is 5.75 Å². The van der Waals surface area contributed by atoms with E-state index in [1.807, 2.05) is 13.0 Å². The van der Waals surface area contributed by atoms with Crippen LogP contribution in [-0.4, -0.2) is 55.9 Å². The highest BCUT2D eigenvalue weighted by Gasteiger charge is 2.15. The van der Waals surface area contributed by atoms with E-state index in [1.54, 1.807) is 30.2 Å². The molecule has 0 aliphatic carbocycles. The Bertz CT molecular complexity index is 409. The maximum Gasteiger partial charge on any atom is 0.254 e. The molecule has 0 unspecified atom stereocenters. The molecule has 0 heterocycles. The van der Waals surface area contributed by atoms with Gasteiger partial charge in [-0.05, 0) is 31.5 Å². The molecule has 0 bridgehead atoms. The zero-order valence-corrected chi connectivity index (χ0v) is 12.2. The predicted octanol–water partition coefficient (Wildman–Crippen LogP) is 1.56. The van der Waals surface area contributed by atoms with Crippen molar-refractivity contribution in [2.24, 2.45) is 0 Å². The van der Waals surface area contributed by atoms with E-state index in [2.05, 4.69) is 0 Å². The molecule has 0 saturated carbocycles. The lowest BCUT2D eigenvalue weighted by molar-refractivity contribution is 0.0701. The lowest BCUT2D eigenvalue weighted by Gasteiger charge is -2.22. The van der Waals surface area contributed by atoms with Gasteiger partial charge in [0.25, 0.3) is 5.91 Å². The topological polar surface area (TPSA) is 59.0 Å². The van der Waals surface area contributed by atoms with Gasteiger partial charge >= 0.3 is 0 Å². The average molecular weight is 281 g/mol. The minimum atomic E-state index is -0.100. The SMILES string of the molecule is CCOc1cccc(C(=O)N(CCO)CCCOC)c1. The van der Waals surface area contributed by atoms with E-state index in [0.29, 0.717) is 37.6 Å². The first kappa shape index (κ1) is 16.5. The van der Waals surface area contributed by atoms with Crippen LogP contribution in [0, 0.1) is 0 Å². The van der Waals surface area contributed by atoms with Gasteiger partial charge in [-0.1, -0.05) is 6.07 Å². The molecular formula is C15H23NO4. The third kappa shape index (κ3) is 5.19. The molecule has 20 heavy (non-hydrogen) atoms. The molecule has 0 aromatic heterocycles. The van der Waals surface area contributed by atoms with Gasteiger partial charge in [-0.25, -0.2) is 0 Å². The van der Waals surface area contributed by atoms with Crippen LogP contribution in [0.2, 0.25) is 0 Å². The van der Waals surface area contributed by atoms with Crippen molar-refractivity contribution in [2.75, 3.05) is 40.0 Å². The van der Waals surface area contributed by atoms with Gasteiger partial charge < -0.3 is 19.5 Å². The summed E-state index contributed by atoms with van der Waals surface area (Å²) in [6, 6.07) is 7.10. The summed E-state index contributed by atoms with van der Waals surface area (Å²) in [6.45, 7) is 3.88. The van der Waals surface area contributed by atoms with E-state index in [1.165, 1.54) is 0 Å². The fraction of sp³-hybridized carbons (Fsp3) is 0.533. The van der Waals surface area contributed by atoms with Gasteiger partial charge in [0.15, 0.2) is 0 Å². The van der Waals surface area contributed by atoms with Crippen molar-refractivity contribution in [2.45, 2.75) is 13.3 Å². The number of benzene rings is 1. The summed E-state index contributed by atoms with van der Waals surface area (Å²) in [5.74, 6) is 0.580. The number of aliphatic hydroxyl groups excluding tert-OH is 1. The number of ether oxygens (including phenoxy) is 2. The molecule has 0 saturated heterocycles. The zero-order valence-electron chi connectivity index (χ0n) is 12.2. The average Bonchev–Trinajstić information content (AvgIpc) is 2.46. The van der Waals surface area contributed by atoms with E-state index in [0.717, 1.165) is 6.42 Å². The lowest BCUT2D eigenvalue weighted by atomic mass is 10.2. The lowest BCUT2D eigenvalue weighted by Crippen LogP contribution is -2.34. The molecule has 0 aliphatic rings. The molecule has 1 rings (SSSR count). The highest BCUT2D eigenvalue weighted by molar-refractivity contribution is 5.94. The molecule has 0 spiro atoms. The first-order chi connectivity index (χ1) is 9.72. The highest BCUT2D eigenvalue weighted by Crippen LogP contribution is 2.15. The number of hydrogen-bond acceptors (Lipinski definition) is 4. The fourth-order valence-corrected chi connectivity index (χ4v) is 1.90. The summed E-state index contributed by atoms with van der Waals surface area (Å²) in [5, 5.41) is 9.08. The Balaban J connectivity index is 2.74. The number of aliphatic hydroxyl groups is 1. The summed E-state index contributed by atoms with van der Waals surface area (Å²) in [4.78, 5) is 14.0. The minimum Gasteiger partial charge on any atom is -0.494 e. The molecule has 1 amide bonds. The Morgan fingerprint density at radius 2 is 2.15 bits per heavy atom. The quantitative estimate of drug-likeness (QED) is 0.698. The van der Waals surface area contributed by atoms with Crippen molar-refractivity contribution in [3.63, 3.8) is 0 Å².